The molecule has 0 aliphatic carbocycles. The molecule has 1 aromatic carbocycles. The molecule has 3 nitrogen and oxygen atoms in total. The Morgan fingerprint density at radius 3 is 2.93 bits per heavy atom. The molecule has 4 heteroatoms. The smallest absolute Gasteiger partial charge is 0.255 e. The molecule has 1 N–H and O–H groups in total. The summed E-state index contributed by atoms with van der Waals surface area (Å²) in [5.41, 5.74) is 0.293. The number of likely N-dealkylation sites (N-methyl/N-ethyl adjacent to an activating group) is 1. The molecule has 0 saturated carbocycles. The maximum atomic E-state index is 11.8. The van der Waals surface area contributed by atoms with E-state index in [0.717, 1.165) is 0 Å². The first-order valence-corrected chi connectivity index (χ1v) is 4.79. The highest BCUT2D eigenvalue weighted by atomic mass is 35.5. The van der Waals surface area contributed by atoms with E-state index in [-0.39, 0.29) is 11.7 Å². The second-order valence-corrected chi connectivity index (χ2v) is 3.55. The number of aromatic hydroxyl groups is 1. The fourth-order valence-corrected chi connectivity index (χ4v) is 1.36. The minimum absolute atomic E-state index is 0.0229. The van der Waals surface area contributed by atoms with Crippen molar-refractivity contribution in [2.75, 3.05) is 13.6 Å². The molecule has 1 aromatic rings. The Hall–Kier alpha value is -1.48. The van der Waals surface area contributed by atoms with Gasteiger partial charge in [0, 0.05) is 13.6 Å². The van der Waals surface area contributed by atoms with Crippen LogP contribution in [0, 0.1) is 0 Å². The number of hydrogen-bond acceptors (Lipinski definition) is 2. The van der Waals surface area contributed by atoms with Gasteiger partial charge in [0.1, 0.15) is 5.75 Å². The van der Waals surface area contributed by atoms with Crippen molar-refractivity contribution in [1.29, 1.82) is 0 Å². The Kier molecular flexibility index (Phi) is 3.74. The Labute approximate surface area is 93.6 Å². The molecule has 1 rings (SSSR count). The Balaban J connectivity index is 2.99. The van der Waals surface area contributed by atoms with Crippen molar-refractivity contribution in [2.45, 2.75) is 0 Å². The van der Waals surface area contributed by atoms with Crippen LogP contribution in [0.2, 0.25) is 5.02 Å². The standard InChI is InChI=1S/C11H12ClNO2/c1-3-6-13(2)11(15)9-7-8(14)4-5-10(9)12/h3-5,7,14H,1,6H2,2H3. The Morgan fingerprint density at radius 2 is 2.33 bits per heavy atom. The van der Waals surface area contributed by atoms with Crippen molar-refractivity contribution in [3.05, 3.63) is 41.4 Å². The number of carbonyl (C=O) groups is 1. The van der Waals surface area contributed by atoms with Gasteiger partial charge in [0.2, 0.25) is 0 Å². The number of halogens is 1. The summed E-state index contributed by atoms with van der Waals surface area (Å²) in [5.74, 6) is -0.217. The van der Waals surface area contributed by atoms with Crippen molar-refractivity contribution in [3.8, 4) is 5.75 Å². The topological polar surface area (TPSA) is 40.5 Å². The molecule has 0 unspecified atom stereocenters. The van der Waals surface area contributed by atoms with E-state index >= 15 is 0 Å². The van der Waals surface area contributed by atoms with Gasteiger partial charge in [0.25, 0.3) is 5.91 Å². The highest BCUT2D eigenvalue weighted by Gasteiger charge is 2.14. The second kappa shape index (κ2) is 4.84. The molecule has 0 radical (unpaired) electrons. The van der Waals surface area contributed by atoms with Crippen LogP contribution in [0.5, 0.6) is 5.75 Å². The summed E-state index contributed by atoms with van der Waals surface area (Å²) in [4.78, 5) is 13.3. The summed E-state index contributed by atoms with van der Waals surface area (Å²) in [6.07, 6.45) is 1.62. The van der Waals surface area contributed by atoms with Gasteiger partial charge in [-0.2, -0.15) is 0 Å². The molecule has 0 aromatic heterocycles. The minimum atomic E-state index is -0.240. The first kappa shape index (κ1) is 11.6. The quantitative estimate of drug-likeness (QED) is 0.802. The van der Waals surface area contributed by atoms with Gasteiger partial charge in [-0.25, -0.2) is 0 Å². The largest absolute Gasteiger partial charge is 0.508 e. The third-order valence-electron chi connectivity index (χ3n) is 1.93. The van der Waals surface area contributed by atoms with Crippen molar-refractivity contribution < 1.29 is 9.90 Å². The SMILES string of the molecule is C=CCN(C)C(=O)c1cc(O)ccc1Cl. The number of phenols is 1. The highest BCUT2D eigenvalue weighted by molar-refractivity contribution is 6.33. The number of phenolic OH excluding ortho intramolecular Hbond substituents is 1. The molecule has 0 saturated heterocycles. The highest BCUT2D eigenvalue weighted by Crippen LogP contribution is 2.22. The molecule has 0 atom stereocenters. The molecule has 15 heavy (non-hydrogen) atoms. The van der Waals surface area contributed by atoms with Crippen LogP contribution in [-0.2, 0) is 0 Å². The van der Waals surface area contributed by atoms with Gasteiger partial charge in [-0.15, -0.1) is 6.58 Å². The number of hydrogen-bond donors (Lipinski definition) is 1. The van der Waals surface area contributed by atoms with E-state index in [4.69, 9.17) is 11.6 Å². The van der Waals surface area contributed by atoms with Crippen LogP contribution in [0.1, 0.15) is 10.4 Å². The number of rotatable bonds is 3. The van der Waals surface area contributed by atoms with Crippen LogP contribution in [0.25, 0.3) is 0 Å². The fourth-order valence-electron chi connectivity index (χ4n) is 1.16. The lowest BCUT2D eigenvalue weighted by molar-refractivity contribution is 0.0810. The molecule has 0 aliphatic rings. The zero-order chi connectivity index (χ0) is 11.4. The maximum Gasteiger partial charge on any atom is 0.255 e. The summed E-state index contributed by atoms with van der Waals surface area (Å²) in [7, 11) is 1.64. The van der Waals surface area contributed by atoms with Crippen molar-refractivity contribution >= 4 is 17.5 Å². The first-order valence-electron chi connectivity index (χ1n) is 4.41. The van der Waals surface area contributed by atoms with Gasteiger partial charge in [0.05, 0.1) is 10.6 Å². The minimum Gasteiger partial charge on any atom is -0.508 e. The molecular formula is C11H12ClNO2. The van der Waals surface area contributed by atoms with Crippen LogP contribution in [0.3, 0.4) is 0 Å². The average molecular weight is 226 g/mol. The Bertz CT molecular complexity index is 390. The summed E-state index contributed by atoms with van der Waals surface area (Å²) >= 11 is 5.85. The van der Waals surface area contributed by atoms with Crippen LogP contribution >= 0.6 is 11.6 Å². The molecule has 1 amide bonds. The van der Waals surface area contributed by atoms with Gasteiger partial charge < -0.3 is 10.0 Å². The van der Waals surface area contributed by atoms with Gasteiger partial charge >= 0.3 is 0 Å². The number of carbonyl (C=O) groups excluding carboxylic acids is 1. The van der Waals surface area contributed by atoms with E-state index in [1.54, 1.807) is 13.1 Å². The van der Waals surface area contributed by atoms with Gasteiger partial charge in [0.15, 0.2) is 0 Å². The average Bonchev–Trinajstić information content (AvgIpc) is 2.21. The predicted molar refractivity (Wildman–Crippen MR) is 60.3 cm³/mol. The van der Waals surface area contributed by atoms with Gasteiger partial charge in [-0.1, -0.05) is 17.7 Å². The van der Waals surface area contributed by atoms with Crippen molar-refractivity contribution in [1.82, 2.24) is 4.90 Å². The lowest BCUT2D eigenvalue weighted by atomic mass is 10.2. The first-order chi connectivity index (χ1) is 7.06. The zero-order valence-corrected chi connectivity index (χ0v) is 9.16. The van der Waals surface area contributed by atoms with E-state index in [1.165, 1.54) is 23.1 Å². The molecule has 0 fully saturated rings. The number of benzene rings is 1. The van der Waals surface area contributed by atoms with Crippen LogP contribution in [-0.4, -0.2) is 29.5 Å². The zero-order valence-electron chi connectivity index (χ0n) is 8.40. The fraction of sp³-hybridized carbons (Fsp3) is 0.182. The lowest BCUT2D eigenvalue weighted by Gasteiger charge is -2.15. The summed E-state index contributed by atoms with van der Waals surface area (Å²) in [6, 6.07) is 4.28. The monoisotopic (exact) mass is 225 g/mol. The molecule has 80 valence electrons. The molecule has 0 heterocycles. The summed E-state index contributed by atoms with van der Waals surface area (Å²) < 4.78 is 0. The third kappa shape index (κ3) is 2.73. The van der Waals surface area contributed by atoms with Gasteiger partial charge in [-0.3, -0.25) is 4.79 Å². The van der Waals surface area contributed by atoms with E-state index in [0.29, 0.717) is 17.1 Å². The number of nitrogens with zero attached hydrogens (tertiary/aromatic N) is 1. The van der Waals surface area contributed by atoms with Crippen LogP contribution in [0.15, 0.2) is 30.9 Å². The van der Waals surface area contributed by atoms with Crippen LogP contribution in [0.4, 0.5) is 0 Å². The van der Waals surface area contributed by atoms with Crippen molar-refractivity contribution in [2.24, 2.45) is 0 Å². The van der Waals surface area contributed by atoms with Crippen LogP contribution < -0.4 is 0 Å². The molecule has 0 aliphatic heterocycles. The lowest BCUT2D eigenvalue weighted by Crippen LogP contribution is -2.26. The van der Waals surface area contributed by atoms with E-state index in [2.05, 4.69) is 6.58 Å². The third-order valence-corrected chi connectivity index (χ3v) is 2.26. The maximum absolute atomic E-state index is 11.8. The normalized spacial score (nSPS) is 9.73. The van der Waals surface area contributed by atoms with Gasteiger partial charge in [-0.05, 0) is 18.2 Å². The molecular weight excluding hydrogens is 214 g/mol. The second-order valence-electron chi connectivity index (χ2n) is 3.14. The van der Waals surface area contributed by atoms with E-state index < -0.39 is 0 Å². The predicted octanol–water partition coefficient (Wildman–Crippen LogP) is 2.30. The summed E-state index contributed by atoms with van der Waals surface area (Å²) in [5, 5.41) is 9.58. The molecule has 0 spiro atoms. The van der Waals surface area contributed by atoms with E-state index in [9.17, 15) is 9.90 Å². The van der Waals surface area contributed by atoms with E-state index in [1.807, 2.05) is 0 Å². The molecule has 0 bridgehead atoms. The van der Waals surface area contributed by atoms with Crippen molar-refractivity contribution in [3.63, 3.8) is 0 Å². The Morgan fingerprint density at radius 1 is 1.67 bits per heavy atom. The number of amides is 1. The summed E-state index contributed by atoms with van der Waals surface area (Å²) in [6.45, 7) is 3.98.